The van der Waals surface area contributed by atoms with Gasteiger partial charge >= 0.3 is 5.97 Å². The Kier molecular flexibility index (Phi) is 3.76. The van der Waals surface area contributed by atoms with Crippen molar-refractivity contribution in [2.45, 2.75) is 56.8 Å². The SMILES string of the molecule is O=C(O)CC1CCc2ccc(Cl)cc2C12CCCCC2. The molecule has 3 rings (SSSR count). The predicted octanol–water partition coefficient (Wildman–Crippen LogP) is 4.58. The molecule has 2 nitrogen and oxygen atoms in total. The lowest BCUT2D eigenvalue weighted by molar-refractivity contribution is -0.139. The zero-order chi connectivity index (χ0) is 14.2. The van der Waals surface area contributed by atoms with Crippen molar-refractivity contribution in [2.75, 3.05) is 0 Å². The highest BCUT2D eigenvalue weighted by molar-refractivity contribution is 6.30. The third kappa shape index (κ3) is 2.35. The summed E-state index contributed by atoms with van der Waals surface area (Å²) >= 11 is 6.22. The summed E-state index contributed by atoms with van der Waals surface area (Å²) < 4.78 is 0. The number of carboxylic acid groups (broad SMARTS) is 1. The molecule has 2 aliphatic carbocycles. The fraction of sp³-hybridized carbons (Fsp3) is 0.588. The molecule has 3 heteroatoms. The van der Waals surface area contributed by atoms with Gasteiger partial charge in [-0.1, -0.05) is 36.9 Å². The van der Waals surface area contributed by atoms with Gasteiger partial charge in [0, 0.05) is 11.4 Å². The number of halogens is 1. The van der Waals surface area contributed by atoms with Crippen LogP contribution in [-0.2, 0) is 16.6 Å². The van der Waals surface area contributed by atoms with Gasteiger partial charge in [0.25, 0.3) is 0 Å². The van der Waals surface area contributed by atoms with Crippen LogP contribution in [0.1, 0.15) is 56.1 Å². The first-order chi connectivity index (χ1) is 9.62. The van der Waals surface area contributed by atoms with Crippen molar-refractivity contribution in [3.8, 4) is 0 Å². The topological polar surface area (TPSA) is 37.3 Å². The van der Waals surface area contributed by atoms with Crippen LogP contribution in [0.2, 0.25) is 5.02 Å². The monoisotopic (exact) mass is 292 g/mol. The van der Waals surface area contributed by atoms with E-state index < -0.39 is 5.97 Å². The zero-order valence-electron chi connectivity index (χ0n) is 11.7. The van der Waals surface area contributed by atoms with Crippen LogP contribution in [0.4, 0.5) is 0 Å². The summed E-state index contributed by atoms with van der Waals surface area (Å²) in [5.41, 5.74) is 2.80. The highest BCUT2D eigenvalue weighted by Crippen LogP contribution is 2.52. The molecule has 0 bridgehead atoms. The summed E-state index contributed by atoms with van der Waals surface area (Å²) in [4.78, 5) is 11.2. The number of aryl methyl sites for hydroxylation is 1. The molecule has 0 saturated heterocycles. The van der Waals surface area contributed by atoms with Crippen LogP contribution in [0.25, 0.3) is 0 Å². The van der Waals surface area contributed by atoms with Crippen molar-refractivity contribution in [3.63, 3.8) is 0 Å². The van der Waals surface area contributed by atoms with Gasteiger partial charge in [-0.05, 0) is 60.3 Å². The van der Waals surface area contributed by atoms with Crippen LogP contribution in [0.15, 0.2) is 18.2 Å². The first kappa shape index (κ1) is 13.9. The molecule has 0 aliphatic heterocycles. The van der Waals surface area contributed by atoms with E-state index in [4.69, 9.17) is 11.6 Å². The fourth-order valence-electron chi connectivity index (χ4n) is 4.42. The van der Waals surface area contributed by atoms with Crippen molar-refractivity contribution in [1.29, 1.82) is 0 Å². The van der Waals surface area contributed by atoms with Crippen LogP contribution in [0.3, 0.4) is 0 Å². The molecule has 0 heterocycles. The molecule has 1 saturated carbocycles. The molecule has 0 radical (unpaired) electrons. The summed E-state index contributed by atoms with van der Waals surface area (Å²) in [6, 6.07) is 6.22. The molecular formula is C17H21ClO2. The Hall–Kier alpha value is -1.02. The molecule has 1 aromatic rings. The highest BCUT2D eigenvalue weighted by atomic mass is 35.5. The fourth-order valence-corrected chi connectivity index (χ4v) is 4.60. The third-order valence-corrected chi connectivity index (χ3v) is 5.55. The second-order valence-corrected chi connectivity index (χ2v) is 6.79. The Morgan fingerprint density at radius 2 is 2.05 bits per heavy atom. The average molecular weight is 293 g/mol. The average Bonchev–Trinajstić information content (AvgIpc) is 2.44. The minimum absolute atomic E-state index is 0.0646. The molecule has 0 amide bonds. The van der Waals surface area contributed by atoms with Crippen molar-refractivity contribution >= 4 is 17.6 Å². The first-order valence-corrected chi connectivity index (χ1v) is 8.00. The maximum atomic E-state index is 11.2. The summed E-state index contributed by atoms with van der Waals surface area (Å²) in [6.45, 7) is 0. The van der Waals surface area contributed by atoms with Crippen molar-refractivity contribution in [3.05, 3.63) is 34.3 Å². The van der Waals surface area contributed by atoms with Gasteiger partial charge in [0.1, 0.15) is 0 Å². The molecule has 20 heavy (non-hydrogen) atoms. The van der Waals surface area contributed by atoms with E-state index in [1.54, 1.807) is 0 Å². The molecule has 1 fully saturated rings. The highest BCUT2D eigenvalue weighted by Gasteiger charge is 2.45. The number of carbonyl (C=O) groups is 1. The Labute approximate surface area is 125 Å². The maximum absolute atomic E-state index is 11.2. The van der Waals surface area contributed by atoms with Gasteiger partial charge in [0.2, 0.25) is 0 Å². The number of aliphatic carboxylic acids is 1. The number of hydrogen-bond donors (Lipinski definition) is 1. The van der Waals surface area contributed by atoms with Crippen molar-refractivity contribution in [1.82, 2.24) is 0 Å². The van der Waals surface area contributed by atoms with E-state index in [1.165, 1.54) is 30.4 Å². The van der Waals surface area contributed by atoms with Crippen molar-refractivity contribution in [2.24, 2.45) is 5.92 Å². The number of carboxylic acids is 1. The van der Waals surface area contributed by atoms with E-state index in [9.17, 15) is 9.90 Å². The lowest BCUT2D eigenvalue weighted by Gasteiger charge is -2.48. The lowest BCUT2D eigenvalue weighted by Crippen LogP contribution is -2.42. The molecule has 108 valence electrons. The Bertz CT molecular complexity index is 518. The van der Waals surface area contributed by atoms with Crippen LogP contribution < -0.4 is 0 Å². The van der Waals surface area contributed by atoms with Crippen LogP contribution in [0, 0.1) is 5.92 Å². The van der Waals surface area contributed by atoms with E-state index in [1.807, 2.05) is 6.07 Å². The lowest BCUT2D eigenvalue weighted by atomic mass is 9.56. The molecule has 2 aliphatic rings. The van der Waals surface area contributed by atoms with E-state index in [0.717, 1.165) is 30.7 Å². The van der Waals surface area contributed by atoms with E-state index in [-0.39, 0.29) is 11.3 Å². The van der Waals surface area contributed by atoms with E-state index in [2.05, 4.69) is 12.1 Å². The molecule has 1 unspecified atom stereocenters. The maximum Gasteiger partial charge on any atom is 0.303 e. The molecule has 1 N–H and O–H groups in total. The number of benzene rings is 1. The van der Waals surface area contributed by atoms with Gasteiger partial charge in [0.05, 0.1) is 0 Å². The summed E-state index contributed by atoms with van der Waals surface area (Å²) in [6.07, 6.45) is 8.23. The summed E-state index contributed by atoms with van der Waals surface area (Å²) in [5.74, 6) is -0.392. The van der Waals surface area contributed by atoms with Gasteiger partial charge in [0.15, 0.2) is 0 Å². The van der Waals surface area contributed by atoms with Crippen LogP contribution >= 0.6 is 11.6 Å². The van der Waals surface area contributed by atoms with Gasteiger partial charge < -0.3 is 5.11 Å². The minimum atomic E-state index is -0.662. The standard InChI is InChI=1S/C17H21ClO2/c18-14-7-5-12-4-6-13(10-16(19)20)17(15(12)11-14)8-2-1-3-9-17/h5,7,11,13H,1-4,6,8-10H2,(H,19,20). The smallest absolute Gasteiger partial charge is 0.303 e. The molecule has 1 spiro atoms. The minimum Gasteiger partial charge on any atom is -0.481 e. The van der Waals surface area contributed by atoms with Crippen LogP contribution in [0.5, 0.6) is 0 Å². The summed E-state index contributed by atoms with van der Waals surface area (Å²) in [5, 5.41) is 10.0. The number of hydrogen-bond acceptors (Lipinski definition) is 1. The van der Waals surface area contributed by atoms with Crippen molar-refractivity contribution < 1.29 is 9.90 Å². The second-order valence-electron chi connectivity index (χ2n) is 6.35. The molecule has 0 aromatic heterocycles. The summed E-state index contributed by atoms with van der Waals surface area (Å²) in [7, 11) is 0. The van der Waals surface area contributed by atoms with Gasteiger partial charge in [-0.25, -0.2) is 0 Å². The third-order valence-electron chi connectivity index (χ3n) is 5.32. The van der Waals surface area contributed by atoms with Crippen LogP contribution in [-0.4, -0.2) is 11.1 Å². The Morgan fingerprint density at radius 1 is 1.30 bits per heavy atom. The first-order valence-electron chi connectivity index (χ1n) is 7.62. The quantitative estimate of drug-likeness (QED) is 0.866. The van der Waals surface area contributed by atoms with E-state index >= 15 is 0 Å². The zero-order valence-corrected chi connectivity index (χ0v) is 12.5. The molecule has 1 aromatic carbocycles. The molecular weight excluding hydrogens is 272 g/mol. The Morgan fingerprint density at radius 3 is 2.75 bits per heavy atom. The molecule has 1 atom stereocenters. The van der Waals surface area contributed by atoms with Gasteiger partial charge in [-0.15, -0.1) is 0 Å². The second kappa shape index (κ2) is 5.40. The van der Waals surface area contributed by atoms with E-state index in [0.29, 0.717) is 6.42 Å². The normalized spacial score (nSPS) is 24.4. The largest absolute Gasteiger partial charge is 0.481 e. The van der Waals surface area contributed by atoms with Gasteiger partial charge in [-0.3, -0.25) is 4.79 Å². The van der Waals surface area contributed by atoms with Gasteiger partial charge in [-0.2, -0.15) is 0 Å². The number of rotatable bonds is 2. The predicted molar refractivity (Wildman–Crippen MR) is 80.3 cm³/mol. The Balaban J connectivity index is 2.06. The number of fused-ring (bicyclic) bond motifs is 2.